The third-order valence-corrected chi connectivity index (χ3v) is 3.66. The molecule has 0 bridgehead atoms. The van der Waals surface area contributed by atoms with Crippen LogP contribution in [0.2, 0.25) is 0 Å². The Morgan fingerprint density at radius 1 is 1.14 bits per heavy atom. The molecule has 112 valence electrons. The van der Waals surface area contributed by atoms with E-state index in [-0.39, 0.29) is 11.9 Å². The maximum atomic E-state index is 11.4. The molecular weight excluding hydrogens is 280 g/mol. The summed E-state index contributed by atoms with van der Waals surface area (Å²) in [5.41, 5.74) is 1.51. The summed E-state index contributed by atoms with van der Waals surface area (Å²) in [6, 6.07) is 14.4. The van der Waals surface area contributed by atoms with Gasteiger partial charge in [0.25, 0.3) is 0 Å². The van der Waals surface area contributed by atoms with Crippen molar-refractivity contribution < 1.29 is 14.3 Å². The van der Waals surface area contributed by atoms with Crippen molar-refractivity contribution in [3.8, 4) is 11.5 Å². The summed E-state index contributed by atoms with van der Waals surface area (Å²) in [6.45, 7) is 3.76. The standard InChI is InChI=1S/C18H16O4/c1-11-16(21-12(2)13-6-4-3-5-7-13)9-8-14-15(19)10-17(20)22-18(11)14/h3-10,12,19H,1-2H3. The van der Waals surface area contributed by atoms with Gasteiger partial charge in [0.15, 0.2) is 0 Å². The first-order valence-corrected chi connectivity index (χ1v) is 7.04. The van der Waals surface area contributed by atoms with E-state index in [1.807, 2.05) is 37.3 Å². The number of fused-ring (bicyclic) bond motifs is 1. The Hall–Kier alpha value is -2.75. The Morgan fingerprint density at radius 2 is 1.86 bits per heavy atom. The van der Waals surface area contributed by atoms with E-state index in [0.717, 1.165) is 11.6 Å². The van der Waals surface area contributed by atoms with Crippen LogP contribution in [-0.4, -0.2) is 5.11 Å². The van der Waals surface area contributed by atoms with Crippen molar-refractivity contribution in [1.29, 1.82) is 0 Å². The molecule has 2 aromatic carbocycles. The van der Waals surface area contributed by atoms with Crippen LogP contribution in [0.5, 0.6) is 11.5 Å². The third kappa shape index (κ3) is 2.55. The van der Waals surface area contributed by atoms with Gasteiger partial charge in [0.05, 0.1) is 11.5 Å². The molecule has 0 aliphatic heterocycles. The predicted molar refractivity (Wildman–Crippen MR) is 84.4 cm³/mol. The molecule has 4 nitrogen and oxygen atoms in total. The van der Waals surface area contributed by atoms with Gasteiger partial charge in [-0.05, 0) is 31.5 Å². The molecule has 0 aliphatic rings. The highest BCUT2D eigenvalue weighted by Gasteiger charge is 2.14. The summed E-state index contributed by atoms with van der Waals surface area (Å²) < 4.78 is 11.2. The minimum absolute atomic E-state index is 0.0861. The smallest absolute Gasteiger partial charge is 0.339 e. The molecule has 3 aromatic rings. The number of benzene rings is 2. The van der Waals surface area contributed by atoms with Gasteiger partial charge in [-0.1, -0.05) is 30.3 Å². The van der Waals surface area contributed by atoms with E-state index in [1.165, 1.54) is 0 Å². The van der Waals surface area contributed by atoms with Crippen molar-refractivity contribution >= 4 is 11.0 Å². The molecule has 0 spiro atoms. The maximum absolute atomic E-state index is 11.4. The van der Waals surface area contributed by atoms with Gasteiger partial charge in [-0.2, -0.15) is 0 Å². The maximum Gasteiger partial charge on any atom is 0.339 e. The van der Waals surface area contributed by atoms with Gasteiger partial charge in [-0.3, -0.25) is 0 Å². The Morgan fingerprint density at radius 3 is 2.59 bits per heavy atom. The fourth-order valence-electron chi connectivity index (χ4n) is 2.44. The third-order valence-electron chi connectivity index (χ3n) is 3.66. The second-order valence-electron chi connectivity index (χ2n) is 5.19. The number of rotatable bonds is 3. The van der Waals surface area contributed by atoms with Crippen molar-refractivity contribution in [2.24, 2.45) is 0 Å². The second kappa shape index (κ2) is 5.56. The van der Waals surface area contributed by atoms with Crippen LogP contribution in [-0.2, 0) is 0 Å². The lowest BCUT2D eigenvalue weighted by Crippen LogP contribution is -2.04. The minimum Gasteiger partial charge on any atom is -0.507 e. The molecule has 0 amide bonds. The van der Waals surface area contributed by atoms with E-state index in [0.29, 0.717) is 22.3 Å². The van der Waals surface area contributed by atoms with Gasteiger partial charge in [-0.25, -0.2) is 4.79 Å². The van der Waals surface area contributed by atoms with Crippen LogP contribution in [0.4, 0.5) is 0 Å². The van der Waals surface area contributed by atoms with Crippen molar-refractivity contribution in [2.45, 2.75) is 20.0 Å². The molecule has 0 saturated carbocycles. The van der Waals surface area contributed by atoms with Gasteiger partial charge in [0.1, 0.15) is 23.2 Å². The molecule has 1 atom stereocenters. The SMILES string of the molecule is Cc1c(OC(C)c2ccccc2)ccc2c(O)cc(=O)oc12. The number of ether oxygens (including phenoxy) is 1. The van der Waals surface area contributed by atoms with Gasteiger partial charge in [0, 0.05) is 5.56 Å². The largest absolute Gasteiger partial charge is 0.507 e. The van der Waals surface area contributed by atoms with Crippen LogP contribution in [0.3, 0.4) is 0 Å². The Labute approximate surface area is 127 Å². The van der Waals surface area contributed by atoms with Crippen molar-refractivity contribution in [1.82, 2.24) is 0 Å². The Balaban J connectivity index is 2.02. The zero-order valence-corrected chi connectivity index (χ0v) is 12.4. The molecule has 1 N–H and O–H groups in total. The molecule has 0 radical (unpaired) electrons. The highest BCUT2D eigenvalue weighted by atomic mass is 16.5. The first kappa shape index (κ1) is 14.2. The lowest BCUT2D eigenvalue weighted by atomic mass is 10.1. The van der Waals surface area contributed by atoms with Crippen LogP contribution >= 0.6 is 0 Å². The average molecular weight is 296 g/mol. The fourth-order valence-corrected chi connectivity index (χ4v) is 2.44. The van der Waals surface area contributed by atoms with E-state index < -0.39 is 5.63 Å². The molecule has 0 aliphatic carbocycles. The van der Waals surface area contributed by atoms with E-state index in [2.05, 4.69) is 0 Å². The molecule has 0 fully saturated rings. The summed E-state index contributed by atoms with van der Waals surface area (Å²) in [4.78, 5) is 11.4. The summed E-state index contributed by atoms with van der Waals surface area (Å²) in [7, 11) is 0. The average Bonchev–Trinajstić information content (AvgIpc) is 2.51. The number of hydrogen-bond donors (Lipinski definition) is 1. The molecule has 0 saturated heterocycles. The fraction of sp³-hybridized carbons (Fsp3) is 0.167. The minimum atomic E-state index is -0.582. The van der Waals surface area contributed by atoms with Crippen LogP contribution < -0.4 is 10.4 Å². The molecular formula is C18H16O4. The van der Waals surface area contributed by atoms with E-state index >= 15 is 0 Å². The summed E-state index contributed by atoms with van der Waals surface area (Å²) in [6.07, 6.45) is -0.138. The zero-order valence-electron chi connectivity index (χ0n) is 12.4. The highest BCUT2D eigenvalue weighted by Crippen LogP contribution is 2.33. The lowest BCUT2D eigenvalue weighted by molar-refractivity contribution is 0.225. The van der Waals surface area contributed by atoms with Crippen molar-refractivity contribution in [2.75, 3.05) is 0 Å². The Bertz CT molecular complexity index is 865. The number of hydrogen-bond acceptors (Lipinski definition) is 4. The van der Waals surface area contributed by atoms with E-state index in [4.69, 9.17) is 9.15 Å². The molecule has 1 heterocycles. The number of aromatic hydroxyl groups is 1. The predicted octanol–water partition coefficient (Wildman–Crippen LogP) is 3.95. The molecule has 4 heteroatoms. The molecule has 22 heavy (non-hydrogen) atoms. The van der Waals surface area contributed by atoms with Crippen molar-refractivity contribution in [3.63, 3.8) is 0 Å². The first-order chi connectivity index (χ1) is 10.6. The second-order valence-corrected chi connectivity index (χ2v) is 5.19. The molecule has 3 rings (SSSR count). The zero-order chi connectivity index (χ0) is 15.7. The lowest BCUT2D eigenvalue weighted by Gasteiger charge is -2.17. The molecule has 1 aromatic heterocycles. The summed E-state index contributed by atoms with van der Waals surface area (Å²) in [5, 5.41) is 10.3. The van der Waals surface area contributed by atoms with Gasteiger partial charge < -0.3 is 14.3 Å². The highest BCUT2D eigenvalue weighted by molar-refractivity contribution is 5.87. The topological polar surface area (TPSA) is 59.7 Å². The van der Waals surface area contributed by atoms with Gasteiger partial charge in [0.2, 0.25) is 0 Å². The van der Waals surface area contributed by atoms with Gasteiger partial charge >= 0.3 is 5.63 Å². The quantitative estimate of drug-likeness (QED) is 0.743. The Kier molecular flexibility index (Phi) is 3.59. The summed E-state index contributed by atoms with van der Waals surface area (Å²) in [5.74, 6) is 0.537. The van der Waals surface area contributed by atoms with E-state index in [9.17, 15) is 9.90 Å². The number of aryl methyl sites for hydroxylation is 1. The van der Waals surface area contributed by atoms with Crippen LogP contribution in [0.15, 0.2) is 57.7 Å². The van der Waals surface area contributed by atoms with Gasteiger partial charge in [-0.15, -0.1) is 0 Å². The van der Waals surface area contributed by atoms with Crippen LogP contribution in [0.1, 0.15) is 24.2 Å². The van der Waals surface area contributed by atoms with Crippen LogP contribution in [0.25, 0.3) is 11.0 Å². The van der Waals surface area contributed by atoms with E-state index in [1.54, 1.807) is 19.1 Å². The molecule has 1 unspecified atom stereocenters. The normalized spacial score (nSPS) is 12.3. The monoisotopic (exact) mass is 296 g/mol. The summed E-state index contributed by atoms with van der Waals surface area (Å²) >= 11 is 0. The van der Waals surface area contributed by atoms with Crippen LogP contribution in [0, 0.1) is 6.92 Å². The first-order valence-electron chi connectivity index (χ1n) is 7.04. The van der Waals surface area contributed by atoms with Crippen molar-refractivity contribution in [3.05, 3.63) is 70.1 Å².